The number of amides is 2. The maximum Gasteiger partial charge on any atom is 0.316 e. The molecule has 0 aliphatic carbocycles. The molecule has 3 aromatic rings. The van der Waals surface area contributed by atoms with E-state index in [1.807, 2.05) is 12.1 Å². The van der Waals surface area contributed by atoms with Crippen molar-refractivity contribution < 1.29 is 18.5 Å². The largest absolute Gasteiger partial charge is 0.350 e. The van der Waals surface area contributed by atoms with Crippen LogP contribution in [0.25, 0.3) is 11.4 Å². The second kappa shape index (κ2) is 8.86. The first kappa shape index (κ1) is 21.2. The van der Waals surface area contributed by atoms with Gasteiger partial charge < -0.3 is 15.2 Å². The Hall–Kier alpha value is -3.55. The highest BCUT2D eigenvalue weighted by Gasteiger charge is 2.16. The maximum absolute atomic E-state index is 13.0. The Balaban J connectivity index is 1.47. The molecular weight excluding hydrogens is 387 g/mol. The fourth-order valence-corrected chi connectivity index (χ4v) is 2.68. The number of nitrogens with one attached hydrogen (secondary N) is 2. The Morgan fingerprint density at radius 2 is 1.53 bits per heavy atom. The minimum atomic E-state index is -0.556. The Labute approximate surface area is 173 Å². The van der Waals surface area contributed by atoms with Gasteiger partial charge in [0.1, 0.15) is 5.82 Å². The van der Waals surface area contributed by atoms with Crippen molar-refractivity contribution >= 4 is 11.8 Å². The minimum Gasteiger partial charge on any atom is -0.350 e. The zero-order valence-electron chi connectivity index (χ0n) is 17.0. The lowest BCUT2D eigenvalue weighted by atomic mass is 9.87. The molecule has 0 atom stereocenters. The van der Waals surface area contributed by atoms with E-state index < -0.39 is 5.91 Å². The highest BCUT2D eigenvalue weighted by Crippen LogP contribution is 2.22. The van der Waals surface area contributed by atoms with E-state index in [2.05, 4.69) is 41.5 Å². The fraction of sp³-hybridized carbons (Fsp3) is 0.273. The number of hydrogen-bond acceptors (Lipinski definition) is 5. The SMILES string of the molecule is CC(C)(C)c1ccc(C(=O)NCCNC(=O)c2nc(-c3ccc(F)cc3)no2)cc1. The zero-order valence-corrected chi connectivity index (χ0v) is 17.0. The van der Waals surface area contributed by atoms with Crippen LogP contribution in [0.5, 0.6) is 0 Å². The normalized spacial score (nSPS) is 11.2. The molecule has 0 fully saturated rings. The molecule has 8 heteroatoms. The summed E-state index contributed by atoms with van der Waals surface area (Å²) >= 11 is 0. The first-order valence-corrected chi connectivity index (χ1v) is 9.50. The molecule has 1 aromatic heterocycles. The van der Waals surface area contributed by atoms with Crippen LogP contribution in [0.15, 0.2) is 53.1 Å². The van der Waals surface area contributed by atoms with Crippen LogP contribution < -0.4 is 10.6 Å². The van der Waals surface area contributed by atoms with E-state index in [9.17, 15) is 14.0 Å². The number of hydrogen-bond donors (Lipinski definition) is 2. The molecule has 0 aliphatic heterocycles. The Bertz CT molecular complexity index is 1020. The third-order valence-corrected chi connectivity index (χ3v) is 4.43. The van der Waals surface area contributed by atoms with Crippen LogP contribution >= 0.6 is 0 Å². The average Bonchev–Trinajstić information content (AvgIpc) is 3.21. The number of nitrogens with zero attached hydrogens (tertiary/aromatic N) is 2. The molecular formula is C22H23FN4O3. The van der Waals surface area contributed by atoms with Gasteiger partial charge >= 0.3 is 11.8 Å². The van der Waals surface area contributed by atoms with Crippen molar-refractivity contribution in [3.05, 3.63) is 71.4 Å². The molecule has 0 radical (unpaired) electrons. The van der Waals surface area contributed by atoms with E-state index in [0.29, 0.717) is 11.1 Å². The zero-order chi connectivity index (χ0) is 21.7. The van der Waals surface area contributed by atoms with Gasteiger partial charge in [-0.1, -0.05) is 38.1 Å². The molecule has 0 unspecified atom stereocenters. The summed E-state index contributed by atoms with van der Waals surface area (Å²) < 4.78 is 17.9. The van der Waals surface area contributed by atoms with Crippen LogP contribution in [0.2, 0.25) is 0 Å². The first-order chi connectivity index (χ1) is 14.2. The van der Waals surface area contributed by atoms with Gasteiger partial charge in [0, 0.05) is 24.2 Å². The van der Waals surface area contributed by atoms with Crippen LogP contribution in [0.1, 0.15) is 47.4 Å². The predicted molar refractivity (Wildman–Crippen MR) is 110 cm³/mol. The number of carbonyl (C=O) groups is 2. The van der Waals surface area contributed by atoms with Crippen molar-refractivity contribution in [1.82, 2.24) is 20.8 Å². The minimum absolute atomic E-state index is 0.0184. The van der Waals surface area contributed by atoms with Gasteiger partial charge in [-0.3, -0.25) is 9.59 Å². The lowest BCUT2D eigenvalue weighted by molar-refractivity contribution is 0.0898. The van der Waals surface area contributed by atoms with Crippen LogP contribution in [-0.4, -0.2) is 35.0 Å². The Morgan fingerprint density at radius 1 is 0.933 bits per heavy atom. The van der Waals surface area contributed by atoms with Gasteiger partial charge in [-0.25, -0.2) is 4.39 Å². The molecule has 2 amide bonds. The molecule has 2 aromatic carbocycles. The summed E-state index contributed by atoms with van der Waals surface area (Å²) in [4.78, 5) is 28.3. The van der Waals surface area contributed by atoms with Gasteiger partial charge in [0.15, 0.2) is 0 Å². The predicted octanol–water partition coefficient (Wildman–Crippen LogP) is 3.33. The molecule has 2 N–H and O–H groups in total. The van der Waals surface area contributed by atoms with Crippen LogP contribution in [0.4, 0.5) is 4.39 Å². The maximum atomic E-state index is 13.0. The van der Waals surface area contributed by atoms with Crippen molar-refractivity contribution in [2.75, 3.05) is 13.1 Å². The number of carbonyl (C=O) groups excluding carboxylic acids is 2. The first-order valence-electron chi connectivity index (χ1n) is 9.50. The quantitative estimate of drug-likeness (QED) is 0.608. The Kier molecular flexibility index (Phi) is 6.25. The van der Waals surface area contributed by atoms with E-state index >= 15 is 0 Å². The molecule has 3 rings (SSSR count). The highest BCUT2D eigenvalue weighted by atomic mass is 19.1. The molecule has 0 aliphatic rings. The average molecular weight is 410 g/mol. The van der Waals surface area contributed by atoms with Gasteiger partial charge in [0.05, 0.1) is 0 Å². The van der Waals surface area contributed by atoms with E-state index in [1.54, 1.807) is 12.1 Å². The summed E-state index contributed by atoms with van der Waals surface area (Å²) in [5.74, 6) is -1.18. The van der Waals surface area contributed by atoms with Crippen molar-refractivity contribution in [2.45, 2.75) is 26.2 Å². The van der Waals surface area contributed by atoms with Crippen LogP contribution in [-0.2, 0) is 5.41 Å². The molecule has 0 saturated carbocycles. The Morgan fingerprint density at radius 3 is 2.13 bits per heavy atom. The van der Waals surface area contributed by atoms with Gasteiger partial charge in [-0.2, -0.15) is 4.98 Å². The summed E-state index contributed by atoms with van der Waals surface area (Å²) in [6, 6.07) is 13.0. The molecule has 1 heterocycles. The van der Waals surface area contributed by atoms with Crippen molar-refractivity contribution in [1.29, 1.82) is 0 Å². The molecule has 30 heavy (non-hydrogen) atoms. The lowest BCUT2D eigenvalue weighted by Gasteiger charge is -2.19. The number of rotatable bonds is 6. The van der Waals surface area contributed by atoms with Crippen LogP contribution in [0.3, 0.4) is 0 Å². The number of benzene rings is 2. The highest BCUT2D eigenvalue weighted by molar-refractivity contribution is 5.94. The number of halogens is 1. The summed E-state index contributed by atoms with van der Waals surface area (Å²) in [5, 5.41) is 9.06. The van der Waals surface area contributed by atoms with Gasteiger partial charge in [0.2, 0.25) is 5.82 Å². The molecule has 0 bridgehead atoms. The van der Waals surface area contributed by atoms with Crippen molar-refractivity contribution in [3.8, 4) is 11.4 Å². The van der Waals surface area contributed by atoms with E-state index in [1.165, 1.54) is 24.3 Å². The summed E-state index contributed by atoms with van der Waals surface area (Å²) in [6.45, 7) is 6.76. The molecule has 156 valence electrons. The monoisotopic (exact) mass is 410 g/mol. The fourth-order valence-electron chi connectivity index (χ4n) is 2.68. The summed E-state index contributed by atoms with van der Waals surface area (Å²) in [7, 11) is 0. The van der Waals surface area contributed by atoms with Gasteiger partial charge in [-0.05, 0) is 47.4 Å². The van der Waals surface area contributed by atoms with Gasteiger partial charge in [0.25, 0.3) is 5.91 Å². The standard InChI is InChI=1S/C22H23FN4O3/c1-22(2,3)16-8-4-15(5-9-16)19(28)24-12-13-25-20(29)21-26-18(27-30-21)14-6-10-17(23)11-7-14/h4-11H,12-13H2,1-3H3,(H,24,28)(H,25,29). The van der Waals surface area contributed by atoms with E-state index in [-0.39, 0.29) is 41.9 Å². The smallest absolute Gasteiger partial charge is 0.316 e. The molecule has 7 nitrogen and oxygen atoms in total. The van der Waals surface area contributed by atoms with E-state index in [0.717, 1.165) is 5.56 Å². The van der Waals surface area contributed by atoms with Gasteiger partial charge in [-0.15, -0.1) is 0 Å². The summed E-state index contributed by atoms with van der Waals surface area (Å²) in [5.41, 5.74) is 2.25. The second-order valence-corrected chi connectivity index (χ2v) is 7.77. The second-order valence-electron chi connectivity index (χ2n) is 7.77. The van der Waals surface area contributed by atoms with Crippen LogP contribution in [0, 0.1) is 5.82 Å². The van der Waals surface area contributed by atoms with Crippen molar-refractivity contribution in [2.24, 2.45) is 0 Å². The molecule has 0 saturated heterocycles. The topological polar surface area (TPSA) is 97.1 Å². The third kappa shape index (κ3) is 5.28. The molecule has 0 spiro atoms. The number of aromatic nitrogens is 2. The third-order valence-electron chi connectivity index (χ3n) is 4.43. The lowest BCUT2D eigenvalue weighted by Crippen LogP contribution is -2.34. The summed E-state index contributed by atoms with van der Waals surface area (Å²) in [6.07, 6.45) is 0. The van der Waals surface area contributed by atoms with Crippen molar-refractivity contribution in [3.63, 3.8) is 0 Å². The van der Waals surface area contributed by atoms with E-state index in [4.69, 9.17) is 4.52 Å².